The Hall–Kier alpha value is -1.90. The minimum absolute atomic E-state index is 0.0480. The number of esters is 1. The molecular weight excluding hydrogens is 385 g/mol. The minimum atomic E-state index is -0.866. The lowest BCUT2D eigenvalue weighted by Gasteiger charge is -2.19. The summed E-state index contributed by atoms with van der Waals surface area (Å²) in [6, 6.07) is -0.367. The number of nitrogens with one attached hydrogen (secondary N) is 1. The van der Waals surface area contributed by atoms with E-state index >= 15 is 0 Å². The Morgan fingerprint density at radius 3 is 2.42 bits per heavy atom. The molecule has 1 heterocycles. The number of aliphatic hydroxyl groups is 1. The Labute approximate surface area is 161 Å². The summed E-state index contributed by atoms with van der Waals surface area (Å²) in [5.41, 5.74) is -0.660. The van der Waals surface area contributed by atoms with E-state index in [0.717, 1.165) is 0 Å². The number of ether oxygens (including phenoxy) is 2. The van der Waals surface area contributed by atoms with Crippen LogP contribution >= 0.6 is 23.2 Å². The predicted molar refractivity (Wildman–Crippen MR) is 96.5 cm³/mol. The number of Topliss-reactive ketones (excluding diaryl/α,β-unsaturated/α-hetero) is 1. The van der Waals surface area contributed by atoms with Gasteiger partial charge in [-0.3, -0.25) is 4.79 Å². The monoisotopic (exact) mass is 405 g/mol. The number of carbonyl (C=O) groups excluding carboxylic acids is 2. The molecule has 1 atom stereocenters. The predicted octanol–water partition coefficient (Wildman–Crippen LogP) is 2.03. The van der Waals surface area contributed by atoms with Gasteiger partial charge in [0.05, 0.1) is 26.4 Å². The molecule has 144 valence electrons. The number of hydrogen-bond acceptors (Lipinski definition) is 8. The zero-order valence-corrected chi connectivity index (χ0v) is 16.4. The fraction of sp³-hybridized carbons (Fsp3) is 0.500. The molecule has 0 aliphatic carbocycles. The van der Waals surface area contributed by atoms with Crippen LogP contribution in [-0.4, -0.2) is 53.2 Å². The average molecular weight is 406 g/mol. The van der Waals surface area contributed by atoms with Crippen LogP contribution in [0, 0.1) is 5.92 Å². The van der Waals surface area contributed by atoms with E-state index in [0.29, 0.717) is 0 Å². The summed E-state index contributed by atoms with van der Waals surface area (Å²) in [4.78, 5) is 32.6. The Morgan fingerprint density at radius 2 is 1.92 bits per heavy atom. The standard InChI is InChI=1S/C16H21Cl2N3O5/c1-5-26-16(24)9(6-19-10(7-22)8(2)3)12(23)11-13(17)21-15(25-4)14(18)20-11/h6,8,10,19,22H,5,7H2,1-4H3/t10-/m1/s1. The maximum atomic E-state index is 12.7. The lowest BCUT2D eigenvalue weighted by Crippen LogP contribution is -2.34. The Morgan fingerprint density at radius 1 is 1.27 bits per heavy atom. The van der Waals surface area contributed by atoms with Crippen molar-refractivity contribution in [1.82, 2.24) is 15.3 Å². The van der Waals surface area contributed by atoms with Crippen molar-refractivity contribution in [3.63, 3.8) is 0 Å². The molecule has 0 saturated heterocycles. The summed E-state index contributed by atoms with van der Waals surface area (Å²) in [6.45, 7) is 5.24. The molecule has 0 aromatic carbocycles. The minimum Gasteiger partial charge on any atom is -0.479 e. The van der Waals surface area contributed by atoms with Gasteiger partial charge in [-0.05, 0) is 12.8 Å². The highest BCUT2D eigenvalue weighted by Crippen LogP contribution is 2.25. The number of ketones is 1. The lowest BCUT2D eigenvalue weighted by atomic mass is 10.1. The van der Waals surface area contributed by atoms with Gasteiger partial charge in [-0.15, -0.1) is 0 Å². The first-order chi connectivity index (χ1) is 12.3. The van der Waals surface area contributed by atoms with Crippen molar-refractivity contribution in [2.24, 2.45) is 5.92 Å². The summed E-state index contributed by atoms with van der Waals surface area (Å²) >= 11 is 11.9. The van der Waals surface area contributed by atoms with Gasteiger partial charge in [0.15, 0.2) is 16.0 Å². The summed E-state index contributed by atoms with van der Waals surface area (Å²) in [5.74, 6) is -1.68. The van der Waals surface area contributed by atoms with E-state index in [1.54, 1.807) is 6.92 Å². The van der Waals surface area contributed by atoms with Crippen LogP contribution in [0.5, 0.6) is 5.88 Å². The molecule has 0 fully saturated rings. The Bertz CT molecular complexity index is 695. The number of aromatic nitrogens is 2. The van der Waals surface area contributed by atoms with Crippen LogP contribution in [0.25, 0.3) is 0 Å². The Kier molecular flexibility index (Phi) is 8.77. The lowest BCUT2D eigenvalue weighted by molar-refractivity contribution is -0.138. The molecule has 1 aromatic heterocycles. The fourth-order valence-electron chi connectivity index (χ4n) is 1.85. The van der Waals surface area contributed by atoms with E-state index in [4.69, 9.17) is 32.7 Å². The van der Waals surface area contributed by atoms with Crippen molar-refractivity contribution in [1.29, 1.82) is 0 Å². The van der Waals surface area contributed by atoms with Gasteiger partial charge in [-0.25, -0.2) is 9.78 Å². The van der Waals surface area contributed by atoms with Crippen molar-refractivity contribution in [2.45, 2.75) is 26.8 Å². The van der Waals surface area contributed by atoms with E-state index in [9.17, 15) is 14.7 Å². The van der Waals surface area contributed by atoms with Crippen LogP contribution in [0.15, 0.2) is 11.8 Å². The molecule has 0 amide bonds. The third kappa shape index (κ3) is 5.55. The van der Waals surface area contributed by atoms with Crippen molar-refractivity contribution in [3.05, 3.63) is 27.8 Å². The van der Waals surface area contributed by atoms with Crippen LogP contribution in [0.2, 0.25) is 10.3 Å². The second-order valence-electron chi connectivity index (χ2n) is 5.47. The van der Waals surface area contributed by atoms with Gasteiger partial charge in [0.1, 0.15) is 5.57 Å². The second-order valence-corrected chi connectivity index (χ2v) is 6.19. The first-order valence-electron chi connectivity index (χ1n) is 7.82. The highest BCUT2D eigenvalue weighted by molar-refractivity contribution is 6.36. The molecule has 1 aromatic rings. The molecule has 0 radical (unpaired) electrons. The quantitative estimate of drug-likeness (QED) is 0.211. The third-order valence-electron chi connectivity index (χ3n) is 3.37. The largest absolute Gasteiger partial charge is 0.479 e. The number of rotatable bonds is 9. The van der Waals surface area contributed by atoms with E-state index in [-0.39, 0.29) is 52.6 Å². The van der Waals surface area contributed by atoms with Crippen molar-refractivity contribution in [3.8, 4) is 5.88 Å². The smallest absolute Gasteiger partial charge is 0.343 e. The number of aliphatic hydroxyl groups excluding tert-OH is 1. The van der Waals surface area contributed by atoms with E-state index in [2.05, 4.69) is 15.3 Å². The molecule has 0 bridgehead atoms. The van der Waals surface area contributed by atoms with Crippen molar-refractivity contribution < 1.29 is 24.2 Å². The summed E-state index contributed by atoms with van der Waals surface area (Å²) in [7, 11) is 1.32. The number of hydrogen-bond donors (Lipinski definition) is 2. The van der Waals surface area contributed by atoms with Gasteiger partial charge < -0.3 is 19.9 Å². The maximum absolute atomic E-state index is 12.7. The molecule has 2 N–H and O–H groups in total. The first-order valence-corrected chi connectivity index (χ1v) is 8.58. The number of nitrogens with zero attached hydrogens (tertiary/aromatic N) is 2. The highest BCUT2D eigenvalue weighted by atomic mass is 35.5. The normalized spacial score (nSPS) is 12.7. The number of halogens is 2. The van der Waals surface area contributed by atoms with Gasteiger partial charge in [-0.1, -0.05) is 37.0 Å². The van der Waals surface area contributed by atoms with Gasteiger partial charge in [0, 0.05) is 6.20 Å². The molecule has 0 aliphatic heterocycles. The van der Waals surface area contributed by atoms with E-state index < -0.39 is 11.8 Å². The second kappa shape index (κ2) is 10.3. The SMILES string of the molecule is CCOC(=O)C(=CN[C@H](CO)C(C)C)C(=O)c1nc(Cl)c(OC)nc1Cl. The van der Waals surface area contributed by atoms with E-state index in [1.807, 2.05) is 13.8 Å². The molecule has 0 unspecified atom stereocenters. The Balaban J connectivity index is 3.28. The van der Waals surface area contributed by atoms with Crippen molar-refractivity contribution >= 4 is 35.0 Å². The molecule has 26 heavy (non-hydrogen) atoms. The molecule has 0 saturated carbocycles. The summed E-state index contributed by atoms with van der Waals surface area (Å²) in [5, 5.41) is 11.8. The summed E-state index contributed by atoms with van der Waals surface area (Å²) < 4.78 is 9.79. The van der Waals surface area contributed by atoms with Gasteiger partial charge in [0.2, 0.25) is 5.78 Å². The van der Waals surface area contributed by atoms with E-state index in [1.165, 1.54) is 13.3 Å². The zero-order chi connectivity index (χ0) is 19.9. The van der Waals surface area contributed by atoms with Crippen LogP contribution in [0.3, 0.4) is 0 Å². The number of methoxy groups -OCH3 is 1. The fourth-order valence-corrected chi connectivity index (χ4v) is 2.26. The van der Waals surface area contributed by atoms with Gasteiger partial charge >= 0.3 is 5.97 Å². The molecular formula is C16H21Cl2N3O5. The average Bonchev–Trinajstić information content (AvgIpc) is 2.59. The van der Waals surface area contributed by atoms with Crippen LogP contribution in [0.1, 0.15) is 31.3 Å². The number of carbonyl (C=O) groups is 2. The molecule has 10 heteroatoms. The third-order valence-corrected chi connectivity index (χ3v) is 3.88. The molecule has 1 rings (SSSR count). The van der Waals surface area contributed by atoms with Crippen LogP contribution < -0.4 is 10.1 Å². The maximum Gasteiger partial charge on any atom is 0.343 e. The van der Waals surface area contributed by atoms with Gasteiger partial charge in [-0.2, -0.15) is 4.98 Å². The van der Waals surface area contributed by atoms with Crippen LogP contribution in [-0.2, 0) is 9.53 Å². The topological polar surface area (TPSA) is 111 Å². The first kappa shape index (κ1) is 22.1. The molecule has 0 aliphatic rings. The van der Waals surface area contributed by atoms with Crippen LogP contribution in [0.4, 0.5) is 0 Å². The van der Waals surface area contributed by atoms with Gasteiger partial charge in [0.25, 0.3) is 5.88 Å². The summed E-state index contributed by atoms with van der Waals surface area (Å²) in [6.07, 6.45) is 1.18. The molecule has 8 nitrogen and oxygen atoms in total. The zero-order valence-electron chi connectivity index (χ0n) is 14.9. The highest BCUT2D eigenvalue weighted by Gasteiger charge is 2.27. The molecule has 0 spiro atoms. The van der Waals surface area contributed by atoms with Crippen molar-refractivity contribution in [2.75, 3.05) is 20.3 Å².